The lowest BCUT2D eigenvalue weighted by Crippen LogP contribution is -2.01. The summed E-state index contributed by atoms with van der Waals surface area (Å²) in [5.74, 6) is 0. The Morgan fingerprint density at radius 3 is 2.42 bits per heavy atom. The van der Waals surface area contributed by atoms with Gasteiger partial charge in [0.1, 0.15) is 5.69 Å². The number of hydrogen-bond donors (Lipinski definition) is 0. The third-order valence-corrected chi connectivity index (χ3v) is 4.49. The first-order chi connectivity index (χ1) is 12.6. The second kappa shape index (κ2) is 6.61. The van der Waals surface area contributed by atoms with Crippen LogP contribution < -0.4 is 0 Å². The van der Waals surface area contributed by atoms with Crippen molar-refractivity contribution in [3.63, 3.8) is 0 Å². The van der Waals surface area contributed by atoms with E-state index in [1.54, 1.807) is 12.1 Å². The van der Waals surface area contributed by atoms with Gasteiger partial charge in [0.2, 0.25) is 0 Å². The zero-order valence-electron chi connectivity index (χ0n) is 13.7. The maximum Gasteiger partial charge on any atom is 0.270 e. The molecule has 0 N–H and O–H groups in total. The Morgan fingerprint density at radius 1 is 1.00 bits per heavy atom. The van der Waals surface area contributed by atoms with Crippen molar-refractivity contribution in [1.29, 1.82) is 0 Å². The van der Waals surface area contributed by atoms with Crippen molar-refractivity contribution in [1.82, 2.24) is 9.78 Å². The van der Waals surface area contributed by atoms with Crippen molar-refractivity contribution in [2.24, 2.45) is 0 Å². The normalized spacial score (nSPS) is 11.0. The average Bonchev–Trinajstić information content (AvgIpc) is 3.02. The molecule has 0 spiro atoms. The lowest BCUT2D eigenvalue weighted by atomic mass is 10.1. The standard InChI is InChI=1S/C20H14ClN3O2/c21-16-8-6-14(7-9-16)13-23-19-11-10-17(24(25)26)12-18(19)20(22-23)15-4-2-1-3-5-15/h1-12H,13H2. The molecule has 26 heavy (non-hydrogen) atoms. The fourth-order valence-corrected chi connectivity index (χ4v) is 3.10. The van der Waals surface area contributed by atoms with Crippen LogP contribution in [0.25, 0.3) is 22.2 Å². The van der Waals surface area contributed by atoms with E-state index in [2.05, 4.69) is 0 Å². The first-order valence-corrected chi connectivity index (χ1v) is 8.44. The molecule has 0 atom stereocenters. The smallest absolute Gasteiger partial charge is 0.260 e. The van der Waals surface area contributed by atoms with E-state index in [-0.39, 0.29) is 10.6 Å². The number of fused-ring (bicyclic) bond motifs is 1. The van der Waals surface area contributed by atoms with Crippen LogP contribution in [0.15, 0.2) is 72.8 Å². The van der Waals surface area contributed by atoms with E-state index >= 15 is 0 Å². The van der Waals surface area contributed by atoms with Crippen LogP contribution in [0.2, 0.25) is 5.02 Å². The quantitative estimate of drug-likeness (QED) is 0.364. The minimum atomic E-state index is -0.384. The first-order valence-electron chi connectivity index (χ1n) is 8.06. The van der Waals surface area contributed by atoms with Gasteiger partial charge in [-0.25, -0.2) is 0 Å². The summed E-state index contributed by atoms with van der Waals surface area (Å²) < 4.78 is 1.87. The number of nitro groups is 1. The van der Waals surface area contributed by atoms with Crippen molar-refractivity contribution < 1.29 is 4.92 Å². The van der Waals surface area contributed by atoms with Crippen LogP contribution in [0.4, 0.5) is 5.69 Å². The molecule has 4 aromatic rings. The summed E-state index contributed by atoms with van der Waals surface area (Å²) in [6.45, 7) is 0.554. The lowest BCUT2D eigenvalue weighted by molar-refractivity contribution is -0.384. The second-order valence-corrected chi connectivity index (χ2v) is 6.39. The number of non-ortho nitro benzene ring substituents is 1. The zero-order valence-corrected chi connectivity index (χ0v) is 14.4. The SMILES string of the molecule is O=[N+]([O-])c1ccc2c(c1)c(-c1ccccc1)nn2Cc1ccc(Cl)cc1. The largest absolute Gasteiger partial charge is 0.270 e. The highest BCUT2D eigenvalue weighted by Gasteiger charge is 2.16. The van der Waals surface area contributed by atoms with E-state index in [4.69, 9.17) is 16.7 Å². The number of rotatable bonds is 4. The van der Waals surface area contributed by atoms with Crippen molar-refractivity contribution in [2.45, 2.75) is 6.54 Å². The summed E-state index contributed by atoms with van der Waals surface area (Å²) in [7, 11) is 0. The number of nitro benzene ring substituents is 1. The molecule has 0 aliphatic heterocycles. The summed E-state index contributed by atoms with van der Waals surface area (Å²) in [4.78, 5) is 10.8. The van der Waals surface area contributed by atoms with Crippen LogP contribution in [-0.4, -0.2) is 14.7 Å². The monoisotopic (exact) mass is 363 g/mol. The first kappa shape index (κ1) is 16.3. The Kier molecular flexibility index (Phi) is 4.14. The minimum absolute atomic E-state index is 0.0562. The molecule has 5 nitrogen and oxygen atoms in total. The summed E-state index contributed by atoms with van der Waals surface area (Å²) in [6.07, 6.45) is 0. The minimum Gasteiger partial charge on any atom is -0.260 e. The summed E-state index contributed by atoms with van der Waals surface area (Å²) in [6, 6.07) is 22.1. The molecule has 0 aliphatic rings. The molecule has 0 saturated heterocycles. The third kappa shape index (κ3) is 3.05. The van der Waals surface area contributed by atoms with Gasteiger partial charge < -0.3 is 0 Å². The van der Waals surface area contributed by atoms with Gasteiger partial charge in [0.05, 0.1) is 17.0 Å². The highest BCUT2D eigenvalue weighted by molar-refractivity contribution is 6.30. The van der Waals surface area contributed by atoms with E-state index in [9.17, 15) is 10.1 Å². The highest BCUT2D eigenvalue weighted by Crippen LogP contribution is 2.31. The molecule has 0 aliphatic carbocycles. The second-order valence-electron chi connectivity index (χ2n) is 5.96. The third-order valence-electron chi connectivity index (χ3n) is 4.24. The van der Waals surface area contributed by atoms with E-state index in [1.165, 1.54) is 6.07 Å². The Labute approximate surface area is 154 Å². The van der Waals surface area contributed by atoms with E-state index in [1.807, 2.05) is 59.3 Å². The van der Waals surface area contributed by atoms with Gasteiger partial charge in [-0.1, -0.05) is 54.1 Å². The van der Waals surface area contributed by atoms with Gasteiger partial charge in [0.15, 0.2) is 0 Å². The maximum absolute atomic E-state index is 11.2. The van der Waals surface area contributed by atoms with Crippen molar-refractivity contribution >= 4 is 28.2 Å². The Hall–Kier alpha value is -3.18. The van der Waals surface area contributed by atoms with Crippen LogP contribution in [0.1, 0.15) is 5.56 Å². The Morgan fingerprint density at radius 2 is 1.73 bits per heavy atom. The molecular weight excluding hydrogens is 350 g/mol. The molecule has 1 aromatic heterocycles. The van der Waals surface area contributed by atoms with Crippen LogP contribution in [0, 0.1) is 10.1 Å². The topological polar surface area (TPSA) is 61.0 Å². The van der Waals surface area contributed by atoms with E-state index in [0.717, 1.165) is 27.7 Å². The number of benzene rings is 3. The van der Waals surface area contributed by atoms with Gasteiger partial charge >= 0.3 is 0 Å². The molecule has 128 valence electrons. The van der Waals surface area contributed by atoms with Gasteiger partial charge in [0, 0.05) is 28.1 Å². The van der Waals surface area contributed by atoms with Crippen LogP contribution >= 0.6 is 11.6 Å². The van der Waals surface area contributed by atoms with E-state index < -0.39 is 0 Å². The summed E-state index contributed by atoms with van der Waals surface area (Å²) in [5.41, 5.74) is 3.62. The number of nitrogens with zero attached hydrogens (tertiary/aromatic N) is 3. The molecule has 4 rings (SSSR count). The van der Waals surface area contributed by atoms with Gasteiger partial charge in [0.25, 0.3) is 5.69 Å². The Balaban J connectivity index is 1.88. The Bertz CT molecular complexity index is 1090. The summed E-state index contributed by atoms with van der Waals surface area (Å²) in [5, 5.41) is 17.4. The zero-order chi connectivity index (χ0) is 18.1. The van der Waals surface area contributed by atoms with Crippen LogP contribution in [0.5, 0.6) is 0 Å². The molecule has 0 fully saturated rings. The van der Waals surface area contributed by atoms with Crippen molar-refractivity contribution in [3.8, 4) is 11.3 Å². The molecule has 1 heterocycles. The van der Waals surface area contributed by atoms with Gasteiger partial charge in [-0.05, 0) is 23.8 Å². The fourth-order valence-electron chi connectivity index (χ4n) is 2.97. The fraction of sp³-hybridized carbons (Fsp3) is 0.0500. The van der Waals surface area contributed by atoms with Crippen molar-refractivity contribution in [2.75, 3.05) is 0 Å². The van der Waals surface area contributed by atoms with E-state index in [0.29, 0.717) is 11.6 Å². The number of aromatic nitrogens is 2. The molecule has 0 amide bonds. The average molecular weight is 364 g/mol. The van der Waals surface area contributed by atoms with Gasteiger partial charge in [-0.2, -0.15) is 5.10 Å². The maximum atomic E-state index is 11.2. The lowest BCUT2D eigenvalue weighted by Gasteiger charge is -2.04. The molecule has 6 heteroatoms. The van der Waals surface area contributed by atoms with Crippen molar-refractivity contribution in [3.05, 3.63) is 93.5 Å². The molecule has 0 bridgehead atoms. The molecule has 3 aromatic carbocycles. The van der Waals surface area contributed by atoms with Gasteiger partial charge in [-0.3, -0.25) is 14.8 Å². The van der Waals surface area contributed by atoms with Gasteiger partial charge in [-0.15, -0.1) is 0 Å². The summed E-state index contributed by atoms with van der Waals surface area (Å²) >= 11 is 5.95. The number of hydrogen-bond acceptors (Lipinski definition) is 3. The van der Waals surface area contributed by atoms with Crippen LogP contribution in [0.3, 0.4) is 0 Å². The molecule has 0 unspecified atom stereocenters. The predicted octanol–water partition coefficient (Wildman–Crippen LogP) is 5.31. The van der Waals surface area contributed by atoms with Crippen LogP contribution in [-0.2, 0) is 6.54 Å². The molecule has 0 radical (unpaired) electrons. The molecule has 0 saturated carbocycles. The molecular formula is C20H14ClN3O2. The highest BCUT2D eigenvalue weighted by atomic mass is 35.5. The predicted molar refractivity (Wildman–Crippen MR) is 102 cm³/mol. The number of halogens is 1.